The van der Waals surface area contributed by atoms with Gasteiger partial charge in [0.1, 0.15) is 0 Å². The molecule has 0 aromatic carbocycles. The first-order valence-corrected chi connectivity index (χ1v) is 6.79. The van der Waals surface area contributed by atoms with Crippen molar-refractivity contribution in [2.45, 2.75) is 19.9 Å². The Kier molecular flexibility index (Phi) is 5.66. The molecule has 0 aromatic heterocycles. The van der Waals surface area contributed by atoms with E-state index in [2.05, 4.69) is 15.8 Å². The fourth-order valence-electron chi connectivity index (χ4n) is 1.34. The van der Waals surface area contributed by atoms with Crippen LogP contribution >= 0.6 is 8.58 Å². The highest BCUT2D eigenvalue weighted by molar-refractivity contribution is 7.38. The van der Waals surface area contributed by atoms with Gasteiger partial charge in [0.05, 0.1) is 0 Å². The highest BCUT2D eigenvalue weighted by Crippen LogP contribution is 2.13. The number of nitrogens with zero attached hydrogens (tertiary/aromatic N) is 1. The monoisotopic (exact) mass is 229 g/mol. The van der Waals surface area contributed by atoms with Gasteiger partial charge in [-0.1, -0.05) is 0 Å². The zero-order valence-electron chi connectivity index (χ0n) is 9.42. The number of carbonyl (C=O) groups excluding carboxylic acids is 1. The summed E-state index contributed by atoms with van der Waals surface area (Å²) in [4.78, 5) is 11.2. The Balaban J connectivity index is 2.17. The molecule has 1 fully saturated rings. The minimum absolute atomic E-state index is 0.0450. The lowest BCUT2D eigenvalue weighted by atomic mass is 10.4. The Morgan fingerprint density at radius 1 is 1.40 bits per heavy atom. The average Bonchev–Trinajstić information content (AvgIpc) is 2.18. The fourth-order valence-corrected chi connectivity index (χ4v) is 2.45. The average molecular weight is 229 g/mol. The molecule has 0 atom stereocenters. The van der Waals surface area contributed by atoms with E-state index in [1.807, 2.05) is 13.8 Å². The number of rotatable bonds is 4. The largest absolute Gasteiger partial charge is 0.350 e. The summed E-state index contributed by atoms with van der Waals surface area (Å²) in [6, 6.07) is 0.193. The molecular formula is C10H20N3OP. The highest BCUT2D eigenvalue weighted by Gasteiger charge is 2.07. The zero-order valence-corrected chi connectivity index (χ0v) is 10.4. The Hall–Kier alpha value is -0.600. The van der Waals surface area contributed by atoms with E-state index in [0.717, 1.165) is 21.7 Å². The molecule has 0 bridgehead atoms. The molecule has 86 valence electrons. The molecule has 0 spiro atoms. The van der Waals surface area contributed by atoms with Crippen LogP contribution in [-0.2, 0) is 4.79 Å². The van der Waals surface area contributed by atoms with E-state index >= 15 is 0 Å². The van der Waals surface area contributed by atoms with Crippen molar-refractivity contribution < 1.29 is 4.79 Å². The lowest BCUT2D eigenvalue weighted by Crippen LogP contribution is -2.40. The standard InChI is InChI=1S/C10H20N3OP/c1-9(2)12-10(14)3-4-11-13-5-7-15-8-6-13/h3-4,9,11,15H,5-8H2,1-2H3,(H,12,14)/b4-3+. The molecule has 1 heterocycles. The van der Waals surface area contributed by atoms with Crippen LogP contribution in [0.25, 0.3) is 0 Å². The molecule has 4 nitrogen and oxygen atoms in total. The Morgan fingerprint density at radius 2 is 2.07 bits per heavy atom. The van der Waals surface area contributed by atoms with Crippen molar-refractivity contribution in [1.82, 2.24) is 15.8 Å². The van der Waals surface area contributed by atoms with Gasteiger partial charge < -0.3 is 10.7 Å². The van der Waals surface area contributed by atoms with Gasteiger partial charge in [-0.05, 0) is 26.2 Å². The molecular weight excluding hydrogens is 209 g/mol. The maximum Gasteiger partial charge on any atom is 0.245 e. The Labute approximate surface area is 93.2 Å². The lowest BCUT2D eigenvalue weighted by Gasteiger charge is -2.25. The first kappa shape index (κ1) is 12.5. The molecule has 2 N–H and O–H groups in total. The van der Waals surface area contributed by atoms with E-state index in [9.17, 15) is 4.79 Å². The van der Waals surface area contributed by atoms with Gasteiger partial charge in [0.2, 0.25) is 5.91 Å². The van der Waals surface area contributed by atoms with Crippen LogP contribution in [0.15, 0.2) is 12.3 Å². The SMILES string of the molecule is CC(C)NC(=O)/C=C/NN1CCPCC1. The molecule has 1 aliphatic heterocycles. The molecule has 1 aliphatic rings. The predicted molar refractivity (Wildman–Crippen MR) is 65.2 cm³/mol. The van der Waals surface area contributed by atoms with Crippen LogP contribution in [-0.4, -0.2) is 42.4 Å². The maximum atomic E-state index is 11.2. The highest BCUT2D eigenvalue weighted by atomic mass is 31.1. The van der Waals surface area contributed by atoms with Crippen LogP contribution in [0.2, 0.25) is 0 Å². The predicted octanol–water partition coefficient (Wildman–Crippen LogP) is 0.523. The van der Waals surface area contributed by atoms with Crippen LogP contribution in [0.3, 0.4) is 0 Å². The van der Waals surface area contributed by atoms with Crippen molar-refractivity contribution in [2.24, 2.45) is 0 Å². The van der Waals surface area contributed by atoms with E-state index in [1.54, 1.807) is 6.20 Å². The summed E-state index contributed by atoms with van der Waals surface area (Å²) in [5.41, 5.74) is 3.12. The molecule has 0 unspecified atom stereocenters. The van der Waals surface area contributed by atoms with Gasteiger partial charge in [-0.15, -0.1) is 8.58 Å². The summed E-state index contributed by atoms with van der Waals surface area (Å²) in [6.45, 7) is 6.05. The van der Waals surface area contributed by atoms with E-state index in [4.69, 9.17) is 0 Å². The second kappa shape index (κ2) is 6.81. The smallest absolute Gasteiger partial charge is 0.245 e. The molecule has 1 saturated heterocycles. The van der Waals surface area contributed by atoms with Crippen molar-refractivity contribution in [2.75, 3.05) is 25.4 Å². The third-order valence-corrected chi connectivity index (χ3v) is 3.19. The maximum absolute atomic E-state index is 11.2. The van der Waals surface area contributed by atoms with Crippen LogP contribution < -0.4 is 10.7 Å². The number of hydrogen-bond acceptors (Lipinski definition) is 3. The first-order chi connectivity index (χ1) is 7.18. The number of hydrogen-bond donors (Lipinski definition) is 2. The minimum Gasteiger partial charge on any atom is -0.350 e. The summed E-state index contributed by atoms with van der Waals surface area (Å²) in [5.74, 6) is -0.0450. The molecule has 0 aliphatic carbocycles. The second-order valence-corrected chi connectivity index (χ2v) is 5.36. The molecule has 1 amide bonds. The Bertz CT molecular complexity index is 225. The number of hydrazine groups is 1. The van der Waals surface area contributed by atoms with Crippen LogP contribution in [0.1, 0.15) is 13.8 Å². The molecule has 0 saturated carbocycles. The van der Waals surface area contributed by atoms with Gasteiger partial charge in [-0.3, -0.25) is 4.79 Å². The van der Waals surface area contributed by atoms with Gasteiger partial charge in [0, 0.05) is 31.4 Å². The lowest BCUT2D eigenvalue weighted by molar-refractivity contribution is -0.117. The normalized spacial score (nSPS) is 18.3. The van der Waals surface area contributed by atoms with E-state index in [1.165, 1.54) is 18.4 Å². The van der Waals surface area contributed by atoms with Crippen molar-refractivity contribution in [1.29, 1.82) is 0 Å². The Morgan fingerprint density at radius 3 is 2.67 bits per heavy atom. The molecule has 0 aromatic rings. The molecule has 5 heteroatoms. The van der Waals surface area contributed by atoms with E-state index in [-0.39, 0.29) is 11.9 Å². The second-order valence-electron chi connectivity index (χ2n) is 3.86. The number of amides is 1. The van der Waals surface area contributed by atoms with Gasteiger partial charge >= 0.3 is 0 Å². The van der Waals surface area contributed by atoms with Crippen LogP contribution in [0.4, 0.5) is 0 Å². The van der Waals surface area contributed by atoms with Gasteiger partial charge in [-0.2, -0.15) is 0 Å². The van der Waals surface area contributed by atoms with Crippen molar-refractivity contribution >= 4 is 14.5 Å². The first-order valence-electron chi connectivity index (χ1n) is 5.37. The van der Waals surface area contributed by atoms with E-state index in [0.29, 0.717) is 0 Å². The third-order valence-electron chi connectivity index (χ3n) is 2.04. The topological polar surface area (TPSA) is 44.4 Å². The van der Waals surface area contributed by atoms with Crippen molar-refractivity contribution in [3.8, 4) is 0 Å². The van der Waals surface area contributed by atoms with Gasteiger partial charge in [0.15, 0.2) is 0 Å². The number of carbonyl (C=O) groups is 1. The minimum atomic E-state index is -0.0450. The number of nitrogens with one attached hydrogen (secondary N) is 2. The van der Waals surface area contributed by atoms with Crippen LogP contribution in [0.5, 0.6) is 0 Å². The van der Waals surface area contributed by atoms with Crippen molar-refractivity contribution in [3.05, 3.63) is 12.3 Å². The third kappa shape index (κ3) is 5.75. The van der Waals surface area contributed by atoms with Gasteiger partial charge in [0.25, 0.3) is 0 Å². The van der Waals surface area contributed by atoms with Crippen molar-refractivity contribution in [3.63, 3.8) is 0 Å². The van der Waals surface area contributed by atoms with E-state index < -0.39 is 0 Å². The summed E-state index contributed by atoms with van der Waals surface area (Å²) >= 11 is 0. The zero-order chi connectivity index (χ0) is 11.1. The summed E-state index contributed by atoms with van der Waals surface area (Å²) < 4.78 is 0. The molecule has 0 radical (unpaired) electrons. The van der Waals surface area contributed by atoms with Gasteiger partial charge in [-0.25, -0.2) is 5.01 Å². The van der Waals surface area contributed by atoms with Crippen LogP contribution in [0, 0.1) is 0 Å². The summed E-state index contributed by atoms with van der Waals surface area (Å²) in [6.07, 6.45) is 5.78. The summed E-state index contributed by atoms with van der Waals surface area (Å²) in [7, 11) is 1.10. The quantitative estimate of drug-likeness (QED) is 0.546. The molecule has 1 rings (SSSR count). The summed E-state index contributed by atoms with van der Waals surface area (Å²) in [5, 5.41) is 4.95. The fraction of sp³-hybridized carbons (Fsp3) is 0.700. The molecule has 15 heavy (non-hydrogen) atoms.